The number of anilines is 1. The number of allylic oxidation sites excluding steroid dienone is 1. The van der Waals surface area contributed by atoms with Crippen LogP contribution in [0.4, 0.5) is 5.69 Å². The number of benzene rings is 2. The Balaban J connectivity index is 2.15. The van der Waals surface area contributed by atoms with Crippen molar-refractivity contribution in [3.8, 4) is 5.69 Å². The maximum absolute atomic E-state index is 6.03. The Bertz CT molecular complexity index is 841. The molecule has 0 saturated heterocycles. The van der Waals surface area contributed by atoms with Gasteiger partial charge in [0.2, 0.25) is 0 Å². The lowest BCUT2D eigenvalue weighted by atomic mass is 9.93. The third-order valence-electron chi connectivity index (χ3n) is 4.33. The molecule has 4 rings (SSSR count). The van der Waals surface area contributed by atoms with Crippen LogP contribution in [-0.4, -0.2) is 4.57 Å². The van der Waals surface area contributed by atoms with E-state index in [0.717, 1.165) is 12.1 Å². The Morgan fingerprint density at radius 2 is 1.90 bits per heavy atom. The lowest BCUT2D eigenvalue weighted by Crippen LogP contribution is -2.06. The third kappa shape index (κ3) is 1.79. The van der Waals surface area contributed by atoms with Crippen LogP contribution in [0.15, 0.2) is 54.6 Å². The van der Waals surface area contributed by atoms with Crippen LogP contribution in [0.5, 0.6) is 0 Å². The standard InChI is InChI=1S/C19H18N2/c1-13-6-5-9-17-16-11-10-14(20)12-18(16)21(19(13)17)15-7-3-2-4-8-15/h2-5,7-13H,6,20H2,1H3/t13-/m1/s1. The molecule has 1 aliphatic carbocycles. The van der Waals surface area contributed by atoms with Crippen molar-refractivity contribution in [2.24, 2.45) is 0 Å². The molecule has 0 saturated carbocycles. The first-order chi connectivity index (χ1) is 10.3. The highest BCUT2D eigenvalue weighted by Gasteiger charge is 2.23. The molecule has 21 heavy (non-hydrogen) atoms. The minimum atomic E-state index is 0.513. The van der Waals surface area contributed by atoms with Gasteiger partial charge in [-0.1, -0.05) is 43.3 Å². The Hall–Kier alpha value is -2.48. The molecule has 2 nitrogen and oxygen atoms in total. The number of nitrogens with zero attached hydrogens (tertiary/aromatic N) is 1. The first-order valence-electron chi connectivity index (χ1n) is 7.41. The van der Waals surface area contributed by atoms with Gasteiger partial charge in [0, 0.05) is 33.9 Å². The fourth-order valence-electron chi connectivity index (χ4n) is 3.37. The molecule has 0 aliphatic heterocycles. The Kier molecular flexibility index (Phi) is 2.64. The fourth-order valence-corrected chi connectivity index (χ4v) is 3.37. The van der Waals surface area contributed by atoms with Gasteiger partial charge in [0.25, 0.3) is 0 Å². The molecule has 0 bridgehead atoms. The molecule has 1 heterocycles. The SMILES string of the molecule is C[C@@H]1CC=Cc2c1n(-c1ccccc1)c1cc(N)ccc21. The van der Waals surface area contributed by atoms with Crippen LogP contribution in [0.2, 0.25) is 0 Å². The van der Waals surface area contributed by atoms with E-state index in [1.165, 1.54) is 27.8 Å². The van der Waals surface area contributed by atoms with Crippen LogP contribution in [0, 0.1) is 0 Å². The highest BCUT2D eigenvalue weighted by Crippen LogP contribution is 2.39. The number of rotatable bonds is 1. The Morgan fingerprint density at radius 1 is 1.10 bits per heavy atom. The van der Waals surface area contributed by atoms with Crippen LogP contribution >= 0.6 is 0 Å². The Labute approximate surface area is 124 Å². The van der Waals surface area contributed by atoms with Crippen LogP contribution in [0.1, 0.15) is 30.5 Å². The maximum Gasteiger partial charge on any atom is 0.0558 e. The quantitative estimate of drug-likeness (QED) is 0.639. The molecule has 104 valence electrons. The van der Waals surface area contributed by atoms with Gasteiger partial charge in [-0.05, 0) is 30.7 Å². The summed E-state index contributed by atoms with van der Waals surface area (Å²) >= 11 is 0. The topological polar surface area (TPSA) is 30.9 Å². The van der Waals surface area contributed by atoms with Crippen LogP contribution in [0.25, 0.3) is 22.7 Å². The molecule has 0 fully saturated rings. The smallest absolute Gasteiger partial charge is 0.0558 e. The number of para-hydroxylation sites is 1. The van der Waals surface area contributed by atoms with E-state index < -0.39 is 0 Å². The molecular weight excluding hydrogens is 256 g/mol. The van der Waals surface area contributed by atoms with Crippen molar-refractivity contribution in [3.05, 3.63) is 65.9 Å². The number of nitrogen functional groups attached to an aromatic ring is 1. The van der Waals surface area contributed by atoms with E-state index in [2.05, 4.69) is 66.1 Å². The monoisotopic (exact) mass is 274 g/mol. The zero-order chi connectivity index (χ0) is 14.4. The number of nitrogens with two attached hydrogens (primary N) is 1. The largest absolute Gasteiger partial charge is 0.399 e. The van der Waals surface area contributed by atoms with E-state index in [-0.39, 0.29) is 0 Å². The van der Waals surface area contributed by atoms with E-state index in [4.69, 9.17) is 5.73 Å². The van der Waals surface area contributed by atoms with Gasteiger partial charge in [-0.15, -0.1) is 0 Å². The molecule has 1 aliphatic rings. The molecule has 2 aromatic carbocycles. The highest BCUT2D eigenvalue weighted by atomic mass is 15.0. The van der Waals surface area contributed by atoms with E-state index in [9.17, 15) is 0 Å². The number of hydrogen-bond acceptors (Lipinski definition) is 1. The lowest BCUT2D eigenvalue weighted by Gasteiger charge is -2.19. The molecule has 1 aromatic heterocycles. The van der Waals surface area contributed by atoms with Crippen molar-refractivity contribution in [3.63, 3.8) is 0 Å². The van der Waals surface area contributed by atoms with Crippen molar-refractivity contribution in [1.82, 2.24) is 4.57 Å². The summed E-state index contributed by atoms with van der Waals surface area (Å²) in [7, 11) is 0. The summed E-state index contributed by atoms with van der Waals surface area (Å²) in [5.41, 5.74) is 12.0. The van der Waals surface area contributed by atoms with Gasteiger partial charge in [-0.3, -0.25) is 0 Å². The summed E-state index contributed by atoms with van der Waals surface area (Å²) in [6.07, 6.45) is 5.62. The van der Waals surface area contributed by atoms with Gasteiger partial charge in [0.05, 0.1) is 5.52 Å². The van der Waals surface area contributed by atoms with Gasteiger partial charge in [0.1, 0.15) is 0 Å². The van der Waals surface area contributed by atoms with Crippen LogP contribution in [-0.2, 0) is 0 Å². The molecule has 1 atom stereocenters. The molecule has 2 N–H and O–H groups in total. The average Bonchev–Trinajstić information content (AvgIpc) is 2.83. The fraction of sp³-hybridized carbons (Fsp3) is 0.158. The predicted octanol–water partition coefficient (Wildman–Crippen LogP) is 4.73. The molecule has 0 unspecified atom stereocenters. The molecule has 0 radical (unpaired) electrons. The summed E-state index contributed by atoms with van der Waals surface area (Å²) < 4.78 is 2.37. The summed E-state index contributed by atoms with van der Waals surface area (Å²) in [5.74, 6) is 0.513. The van der Waals surface area contributed by atoms with Gasteiger partial charge >= 0.3 is 0 Å². The second-order valence-electron chi connectivity index (χ2n) is 5.79. The normalized spacial score (nSPS) is 17.1. The summed E-state index contributed by atoms with van der Waals surface area (Å²) in [4.78, 5) is 0. The molecule has 0 spiro atoms. The van der Waals surface area contributed by atoms with Crippen molar-refractivity contribution in [2.75, 3.05) is 5.73 Å². The minimum absolute atomic E-state index is 0.513. The zero-order valence-electron chi connectivity index (χ0n) is 12.1. The number of fused-ring (bicyclic) bond motifs is 3. The summed E-state index contributed by atoms with van der Waals surface area (Å²) in [6, 6.07) is 16.8. The van der Waals surface area contributed by atoms with E-state index >= 15 is 0 Å². The van der Waals surface area contributed by atoms with Crippen molar-refractivity contribution in [2.45, 2.75) is 19.3 Å². The van der Waals surface area contributed by atoms with E-state index in [1.54, 1.807) is 0 Å². The second-order valence-corrected chi connectivity index (χ2v) is 5.79. The minimum Gasteiger partial charge on any atom is -0.399 e. The van der Waals surface area contributed by atoms with Crippen LogP contribution in [0.3, 0.4) is 0 Å². The molecule has 0 amide bonds. The van der Waals surface area contributed by atoms with Crippen LogP contribution < -0.4 is 5.73 Å². The first kappa shape index (κ1) is 12.3. The average molecular weight is 274 g/mol. The maximum atomic E-state index is 6.03. The third-order valence-corrected chi connectivity index (χ3v) is 4.33. The number of hydrogen-bond donors (Lipinski definition) is 1. The van der Waals surface area contributed by atoms with E-state index in [1.807, 2.05) is 6.07 Å². The van der Waals surface area contributed by atoms with Crippen molar-refractivity contribution in [1.29, 1.82) is 0 Å². The van der Waals surface area contributed by atoms with Gasteiger partial charge in [-0.2, -0.15) is 0 Å². The Morgan fingerprint density at radius 3 is 2.71 bits per heavy atom. The summed E-state index contributed by atoms with van der Waals surface area (Å²) in [5, 5.41) is 1.28. The second kappa shape index (κ2) is 4.52. The first-order valence-corrected chi connectivity index (χ1v) is 7.41. The summed E-state index contributed by atoms with van der Waals surface area (Å²) in [6.45, 7) is 2.30. The highest BCUT2D eigenvalue weighted by molar-refractivity contribution is 5.95. The number of aromatic nitrogens is 1. The molecule has 2 heteroatoms. The van der Waals surface area contributed by atoms with E-state index in [0.29, 0.717) is 5.92 Å². The lowest BCUT2D eigenvalue weighted by molar-refractivity contribution is 0.723. The zero-order valence-corrected chi connectivity index (χ0v) is 12.1. The molecule has 3 aromatic rings. The predicted molar refractivity (Wildman–Crippen MR) is 89.8 cm³/mol. The van der Waals surface area contributed by atoms with Gasteiger partial charge < -0.3 is 10.3 Å². The van der Waals surface area contributed by atoms with Gasteiger partial charge in [0.15, 0.2) is 0 Å². The van der Waals surface area contributed by atoms with Crippen molar-refractivity contribution < 1.29 is 0 Å². The molecular formula is C19H18N2. The van der Waals surface area contributed by atoms with Crippen molar-refractivity contribution >= 4 is 22.7 Å². The van der Waals surface area contributed by atoms with Gasteiger partial charge in [-0.25, -0.2) is 0 Å².